The largest absolute Gasteiger partial charge is 0.425 e. The molecular weight excluding hydrogens is 178 g/mol. The first-order chi connectivity index (χ1) is 4.75. The summed E-state index contributed by atoms with van der Waals surface area (Å²) in [5.74, 6) is -5.53. The van der Waals surface area contributed by atoms with Crippen LogP contribution >= 0.6 is 0 Å². The average Bonchev–Trinajstić information content (AvgIpc) is 1.87. The van der Waals surface area contributed by atoms with Crippen LogP contribution in [0.2, 0.25) is 0 Å². The molecule has 0 heterocycles. The Bertz CT molecular complexity index is 133. The Morgan fingerprint density at radius 3 is 1.55 bits per heavy atom. The Kier molecular flexibility index (Phi) is 2.76. The molecule has 0 bridgehead atoms. The van der Waals surface area contributed by atoms with Crippen LogP contribution in [0.5, 0.6) is 0 Å². The molecule has 0 saturated carbocycles. The van der Waals surface area contributed by atoms with Crippen molar-refractivity contribution in [2.24, 2.45) is 0 Å². The topological polar surface area (TPSA) is 9.23 Å². The minimum absolute atomic E-state index is 0.205. The Hall–Kier alpha value is -0.460. The van der Waals surface area contributed by atoms with Crippen molar-refractivity contribution in [3.63, 3.8) is 0 Å². The van der Waals surface area contributed by atoms with Crippen LogP contribution in [0.3, 0.4) is 0 Å². The van der Waals surface area contributed by atoms with Gasteiger partial charge in [-0.05, 0) is 0 Å². The highest BCUT2D eigenvalue weighted by Crippen LogP contribution is 2.42. The number of halogens is 6. The molecular formula is C4H3F6O. The van der Waals surface area contributed by atoms with E-state index < -0.39 is 18.5 Å². The van der Waals surface area contributed by atoms with Gasteiger partial charge in [-0.15, -0.1) is 0 Å². The predicted molar refractivity (Wildman–Crippen MR) is 22.4 cm³/mol. The maximum Gasteiger partial charge on any atom is 0.425 e. The zero-order chi connectivity index (χ0) is 9.28. The van der Waals surface area contributed by atoms with Crippen LogP contribution in [-0.4, -0.2) is 19.1 Å². The van der Waals surface area contributed by atoms with Gasteiger partial charge in [0.1, 0.15) is 0 Å². The summed E-state index contributed by atoms with van der Waals surface area (Å²) in [7, 11) is 0.205. The molecule has 0 aliphatic carbocycles. The highest BCUT2D eigenvalue weighted by molar-refractivity contribution is 4.90. The molecule has 0 atom stereocenters. The molecule has 0 aromatic rings. The van der Waals surface area contributed by atoms with Gasteiger partial charge in [-0.3, -0.25) is 0 Å². The summed E-state index contributed by atoms with van der Waals surface area (Å²) in [6, 6.07) is 0. The van der Waals surface area contributed by atoms with Crippen molar-refractivity contribution in [2.45, 2.75) is 12.0 Å². The number of ether oxygens (including phenoxy) is 1. The Morgan fingerprint density at radius 1 is 1.09 bits per heavy atom. The number of methoxy groups -OCH3 is 1. The molecule has 0 N–H and O–H groups in total. The molecule has 0 aromatic heterocycles. The molecule has 0 fully saturated rings. The molecule has 0 saturated heterocycles. The standard InChI is InChI=1S/C4H3F6O/c1-11-4(9,10)3(7,8)2(5)6/h1H3. The molecule has 1 nitrogen and oxygen atoms in total. The fraction of sp³-hybridized carbons (Fsp3) is 0.750. The summed E-state index contributed by atoms with van der Waals surface area (Å²) in [4.78, 5) is 0. The lowest BCUT2D eigenvalue weighted by atomic mass is 10.3. The molecule has 0 aromatic carbocycles. The smallest absolute Gasteiger partial charge is 0.319 e. The van der Waals surface area contributed by atoms with Gasteiger partial charge >= 0.3 is 18.5 Å². The first-order valence-corrected chi connectivity index (χ1v) is 2.25. The van der Waals surface area contributed by atoms with E-state index >= 15 is 0 Å². The molecule has 0 aliphatic rings. The van der Waals surface area contributed by atoms with Gasteiger partial charge in [0.2, 0.25) is 0 Å². The van der Waals surface area contributed by atoms with Crippen molar-refractivity contribution in [3.8, 4) is 0 Å². The first kappa shape index (κ1) is 10.5. The first-order valence-electron chi connectivity index (χ1n) is 2.25. The van der Waals surface area contributed by atoms with Gasteiger partial charge in [-0.1, -0.05) is 0 Å². The average molecular weight is 181 g/mol. The molecule has 1 radical (unpaired) electrons. The highest BCUT2D eigenvalue weighted by Gasteiger charge is 2.65. The van der Waals surface area contributed by atoms with Crippen LogP contribution in [0.15, 0.2) is 0 Å². The third-order valence-electron chi connectivity index (χ3n) is 0.859. The van der Waals surface area contributed by atoms with Crippen molar-refractivity contribution in [1.82, 2.24) is 0 Å². The summed E-state index contributed by atoms with van der Waals surface area (Å²) in [6.07, 6.45) is -8.84. The maximum atomic E-state index is 11.7. The zero-order valence-corrected chi connectivity index (χ0v) is 5.18. The maximum absolute atomic E-state index is 11.7. The quantitative estimate of drug-likeness (QED) is 0.607. The SMILES string of the molecule is COC(F)(F)C(F)(F)[C](F)F. The Labute approximate surface area is 57.9 Å². The fourth-order valence-corrected chi connectivity index (χ4v) is 0.238. The monoisotopic (exact) mass is 181 g/mol. The van der Waals surface area contributed by atoms with Crippen molar-refractivity contribution in [1.29, 1.82) is 0 Å². The minimum Gasteiger partial charge on any atom is -0.319 e. The number of hydrogen-bond acceptors (Lipinski definition) is 1. The third kappa shape index (κ3) is 1.76. The molecule has 0 rings (SSSR count). The van der Waals surface area contributed by atoms with E-state index in [0.29, 0.717) is 0 Å². The molecule has 0 unspecified atom stereocenters. The molecule has 11 heavy (non-hydrogen) atoms. The molecule has 0 amide bonds. The van der Waals surface area contributed by atoms with E-state index in [9.17, 15) is 26.3 Å². The van der Waals surface area contributed by atoms with Crippen molar-refractivity contribution < 1.29 is 31.1 Å². The van der Waals surface area contributed by atoms with Gasteiger partial charge in [0.25, 0.3) is 0 Å². The second kappa shape index (κ2) is 2.88. The Morgan fingerprint density at radius 2 is 1.45 bits per heavy atom. The van der Waals surface area contributed by atoms with E-state index in [0.717, 1.165) is 0 Å². The molecule has 0 spiro atoms. The Balaban J connectivity index is 4.53. The summed E-state index contributed by atoms with van der Waals surface area (Å²) >= 11 is 0. The lowest BCUT2D eigenvalue weighted by molar-refractivity contribution is -0.345. The van der Waals surface area contributed by atoms with E-state index in [1.165, 1.54) is 0 Å². The second-order valence-electron chi connectivity index (χ2n) is 1.56. The van der Waals surface area contributed by atoms with E-state index in [2.05, 4.69) is 4.74 Å². The molecule has 67 valence electrons. The molecule has 7 heteroatoms. The van der Waals surface area contributed by atoms with Crippen LogP contribution in [0.4, 0.5) is 26.3 Å². The number of hydrogen-bond donors (Lipinski definition) is 0. The summed E-state index contributed by atoms with van der Waals surface area (Å²) < 4.78 is 71.8. The normalized spacial score (nSPS) is 14.2. The van der Waals surface area contributed by atoms with Crippen LogP contribution in [0.1, 0.15) is 0 Å². The van der Waals surface area contributed by atoms with E-state index in [1.807, 2.05) is 0 Å². The molecule has 0 aliphatic heterocycles. The van der Waals surface area contributed by atoms with Crippen molar-refractivity contribution in [2.75, 3.05) is 7.11 Å². The lowest BCUT2D eigenvalue weighted by Gasteiger charge is -2.22. The van der Waals surface area contributed by atoms with E-state index in [4.69, 9.17) is 0 Å². The minimum atomic E-state index is -5.53. The van der Waals surface area contributed by atoms with Crippen LogP contribution in [0, 0.1) is 6.43 Å². The van der Waals surface area contributed by atoms with Crippen molar-refractivity contribution in [3.05, 3.63) is 6.43 Å². The van der Waals surface area contributed by atoms with Crippen LogP contribution in [-0.2, 0) is 4.74 Å². The third-order valence-corrected chi connectivity index (χ3v) is 0.859. The summed E-state index contributed by atoms with van der Waals surface area (Å²) in [6.45, 7) is 0. The van der Waals surface area contributed by atoms with Gasteiger partial charge in [0.15, 0.2) is 0 Å². The summed E-state index contributed by atoms with van der Waals surface area (Å²) in [5, 5.41) is 0. The van der Waals surface area contributed by atoms with E-state index in [-0.39, 0.29) is 7.11 Å². The van der Waals surface area contributed by atoms with Gasteiger partial charge < -0.3 is 4.74 Å². The lowest BCUT2D eigenvalue weighted by Crippen LogP contribution is -2.44. The van der Waals surface area contributed by atoms with E-state index in [1.54, 1.807) is 0 Å². The second-order valence-corrected chi connectivity index (χ2v) is 1.56. The zero-order valence-electron chi connectivity index (χ0n) is 5.18. The highest BCUT2D eigenvalue weighted by atomic mass is 19.3. The van der Waals surface area contributed by atoms with Crippen LogP contribution in [0.25, 0.3) is 0 Å². The van der Waals surface area contributed by atoms with Gasteiger partial charge in [0.05, 0.1) is 0 Å². The van der Waals surface area contributed by atoms with Gasteiger partial charge in [0, 0.05) is 7.11 Å². The van der Waals surface area contributed by atoms with Gasteiger partial charge in [-0.2, -0.15) is 26.3 Å². The number of alkyl halides is 4. The van der Waals surface area contributed by atoms with Gasteiger partial charge in [-0.25, -0.2) is 0 Å². The fourth-order valence-electron chi connectivity index (χ4n) is 0.238. The van der Waals surface area contributed by atoms with Crippen LogP contribution < -0.4 is 0 Å². The summed E-state index contributed by atoms with van der Waals surface area (Å²) in [5.41, 5.74) is 0. The van der Waals surface area contributed by atoms with Crippen molar-refractivity contribution >= 4 is 0 Å². The predicted octanol–water partition coefficient (Wildman–Crippen LogP) is 2.29. The number of rotatable bonds is 3.